The summed E-state index contributed by atoms with van der Waals surface area (Å²) in [6.45, 7) is 0.618. The molecule has 1 atom stereocenters. The predicted octanol–water partition coefficient (Wildman–Crippen LogP) is -0.0185. The summed E-state index contributed by atoms with van der Waals surface area (Å²) in [4.78, 5) is 6.15. The molecule has 2 N–H and O–H groups in total. The van der Waals surface area contributed by atoms with Crippen molar-refractivity contribution in [1.82, 2.24) is 14.5 Å². The average Bonchev–Trinajstić information content (AvgIpc) is 2.38. The van der Waals surface area contributed by atoms with Crippen LogP contribution in [0.2, 0.25) is 0 Å². The number of nitrogens with two attached hydrogens (primary N) is 1. The van der Waals surface area contributed by atoms with Crippen molar-refractivity contribution >= 4 is 0 Å². The maximum Gasteiger partial charge on any atom is 0.0946 e. The van der Waals surface area contributed by atoms with Gasteiger partial charge in [-0.2, -0.15) is 0 Å². The first kappa shape index (κ1) is 9.22. The number of imidazole rings is 1. The van der Waals surface area contributed by atoms with Crippen LogP contribution in [-0.2, 0) is 7.05 Å². The summed E-state index contributed by atoms with van der Waals surface area (Å²) >= 11 is 0. The largest absolute Gasteiger partial charge is 0.336 e. The van der Waals surface area contributed by atoms with E-state index in [0.29, 0.717) is 6.54 Å². The average molecular weight is 168 g/mol. The third-order valence-electron chi connectivity index (χ3n) is 2.04. The van der Waals surface area contributed by atoms with Gasteiger partial charge in [0.15, 0.2) is 0 Å². The van der Waals surface area contributed by atoms with Gasteiger partial charge in [-0.25, -0.2) is 4.98 Å². The molecule has 1 aromatic heterocycles. The summed E-state index contributed by atoms with van der Waals surface area (Å²) in [7, 11) is 6.02. The highest BCUT2D eigenvalue weighted by atomic mass is 15.2. The second-order valence-electron chi connectivity index (χ2n) is 3.14. The molecule has 1 rings (SSSR count). The molecule has 1 aromatic rings. The fourth-order valence-corrected chi connectivity index (χ4v) is 1.28. The lowest BCUT2D eigenvalue weighted by atomic mass is 10.2. The number of aromatic nitrogens is 2. The van der Waals surface area contributed by atoms with E-state index in [1.165, 1.54) is 0 Å². The molecule has 0 aliphatic heterocycles. The number of hydrogen-bond acceptors (Lipinski definition) is 3. The van der Waals surface area contributed by atoms with E-state index in [1.807, 2.05) is 31.9 Å². The third-order valence-corrected chi connectivity index (χ3v) is 2.04. The molecular weight excluding hydrogens is 152 g/mol. The lowest BCUT2D eigenvalue weighted by Crippen LogP contribution is -2.28. The highest BCUT2D eigenvalue weighted by Crippen LogP contribution is 2.14. The van der Waals surface area contributed by atoms with Gasteiger partial charge in [0.2, 0.25) is 0 Å². The number of hydrogen-bond donors (Lipinski definition) is 1. The van der Waals surface area contributed by atoms with Gasteiger partial charge in [-0.1, -0.05) is 0 Å². The van der Waals surface area contributed by atoms with Crippen molar-refractivity contribution in [1.29, 1.82) is 0 Å². The Morgan fingerprint density at radius 2 is 2.33 bits per heavy atom. The van der Waals surface area contributed by atoms with Crippen LogP contribution in [0.25, 0.3) is 0 Å². The van der Waals surface area contributed by atoms with Crippen LogP contribution in [0, 0.1) is 0 Å². The summed E-state index contributed by atoms with van der Waals surface area (Å²) in [6, 6.07) is 0.262. The Morgan fingerprint density at radius 3 is 2.67 bits per heavy atom. The Hall–Kier alpha value is -0.870. The van der Waals surface area contributed by atoms with Crippen LogP contribution in [-0.4, -0.2) is 35.1 Å². The molecule has 0 bridgehead atoms. The maximum absolute atomic E-state index is 5.65. The molecule has 0 saturated heterocycles. The molecule has 0 amide bonds. The van der Waals surface area contributed by atoms with Crippen LogP contribution in [0.5, 0.6) is 0 Å². The minimum Gasteiger partial charge on any atom is -0.336 e. The summed E-state index contributed by atoms with van der Waals surface area (Å²) in [5, 5.41) is 0. The molecule has 0 spiro atoms. The zero-order valence-corrected chi connectivity index (χ0v) is 7.86. The molecule has 0 aliphatic rings. The monoisotopic (exact) mass is 168 g/mol. The zero-order valence-electron chi connectivity index (χ0n) is 7.86. The van der Waals surface area contributed by atoms with E-state index in [0.717, 1.165) is 5.69 Å². The van der Waals surface area contributed by atoms with Gasteiger partial charge in [-0.15, -0.1) is 0 Å². The van der Waals surface area contributed by atoms with Crippen molar-refractivity contribution in [3.63, 3.8) is 0 Å². The number of likely N-dealkylation sites (N-methyl/N-ethyl adjacent to an activating group) is 1. The molecule has 68 valence electrons. The molecular formula is C8H16N4. The Kier molecular flexibility index (Phi) is 2.83. The minimum absolute atomic E-state index is 0.262. The fourth-order valence-electron chi connectivity index (χ4n) is 1.28. The molecule has 0 aromatic carbocycles. The van der Waals surface area contributed by atoms with Crippen molar-refractivity contribution in [2.24, 2.45) is 12.8 Å². The van der Waals surface area contributed by atoms with E-state index in [4.69, 9.17) is 5.73 Å². The number of rotatable bonds is 3. The third kappa shape index (κ3) is 1.65. The van der Waals surface area contributed by atoms with Crippen LogP contribution < -0.4 is 5.73 Å². The first-order valence-electron chi connectivity index (χ1n) is 3.99. The van der Waals surface area contributed by atoms with E-state index in [-0.39, 0.29) is 6.04 Å². The van der Waals surface area contributed by atoms with Gasteiger partial charge < -0.3 is 10.3 Å². The fraction of sp³-hybridized carbons (Fsp3) is 0.625. The van der Waals surface area contributed by atoms with Crippen LogP contribution in [0.1, 0.15) is 11.7 Å². The SMILES string of the molecule is CN(C)C(CN)c1cncn1C. The molecule has 4 nitrogen and oxygen atoms in total. The van der Waals surface area contributed by atoms with Crippen molar-refractivity contribution in [2.75, 3.05) is 20.6 Å². The first-order chi connectivity index (χ1) is 5.66. The van der Waals surface area contributed by atoms with E-state index in [9.17, 15) is 0 Å². The summed E-state index contributed by atoms with van der Waals surface area (Å²) in [5.41, 5.74) is 6.81. The molecule has 12 heavy (non-hydrogen) atoms. The van der Waals surface area contributed by atoms with Crippen LogP contribution in [0.15, 0.2) is 12.5 Å². The smallest absolute Gasteiger partial charge is 0.0946 e. The van der Waals surface area contributed by atoms with Gasteiger partial charge in [0.1, 0.15) is 0 Å². The van der Waals surface area contributed by atoms with E-state index in [2.05, 4.69) is 9.88 Å². The summed E-state index contributed by atoms with van der Waals surface area (Å²) in [5.74, 6) is 0. The Morgan fingerprint density at radius 1 is 1.67 bits per heavy atom. The Bertz CT molecular complexity index is 241. The second kappa shape index (κ2) is 3.69. The van der Waals surface area contributed by atoms with Crippen LogP contribution in [0.3, 0.4) is 0 Å². The van der Waals surface area contributed by atoms with Gasteiger partial charge in [-0.3, -0.25) is 4.90 Å². The Labute approximate surface area is 73.0 Å². The van der Waals surface area contributed by atoms with Crippen molar-refractivity contribution < 1.29 is 0 Å². The summed E-state index contributed by atoms with van der Waals surface area (Å²) in [6.07, 6.45) is 3.65. The van der Waals surface area contributed by atoms with Crippen LogP contribution >= 0.6 is 0 Å². The van der Waals surface area contributed by atoms with Gasteiger partial charge >= 0.3 is 0 Å². The first-order valence-corrected chi connectivity index (χ1v) is 3.99. The standard InChI is InChI=1S/C8H16N4/c1-11(2)7(4-9)8-5-10-6-12(8)3/h5-7H,4,9H2,1-3H3. The highest BCUT2D eigenvalue weighted by Gasteiger charge is 2.14. The maximum atomic E-state index is 5.65. The van der Waals surface area contributed by atoms with E-state index in [1.54, 1.807) is 6.33 Å². The normalized spacial score (nSPS) is 13.8. The number of aryl methyl sites for hydroxylation is 1. The van der Waals surface area contributed by atoms with Crippen molar-refractivity contribution in [3.8, 4) is 0 Å². The summed E-state index contributed by atoms with van der Waals surface area (Å²) < 4.78 is 2.00. The van der Waals surface area contributed by atoms with Gasteiger partial charge in [0.05, 0.1) is 18.1 Å². The quantitative estimate of drug-likeness (QED) is 0.690. The molecule has 0 saturated carbocycles. The lowest BCUT2D eigenvalue weighted by Gasteiger charge is -2.22. The van der Waals surface area contributed by atoms with Crippen molar-refractivity contribution in [2.45, 2.75) is 6.04 Å². The molecule has 1 unspecified atom stereocenters. The highest BCUT2D eigenvalue weighted by molar-refractivity contribution is 5.05. The molecule has 0 fully saturated rings. The molecule has 4 heteroatoms. The van der Waals surface area contributed by atoms with E-state index >= 15 is 0 Å². The van der Waals surface area contributed by atoms with Crippen LogP contribution in [0.4, 0.5) is 0 Å². The van der Waals surface area contributed by atoms with Gasteiger partial charge in [-0.05, 0) is 14.1 Å². The predicted molar refractivity (Wildman–Crippen MR) is 48.7 cm³/mol. The second-order valence-corrected chi connectivity index (χ2v) is 3.14. The minimum atomic E-state index is 0.262. The lowest BCUT2D eigenvalue weighted by molar-refractivity contribution is 0.295. The zero-order chi connectivity index (χ0) is 9.14. The molecule has 0 radical (unpaired) electrons. The van der Waals surface area contributed by atoms with Gasteiger partial charge in [0, 0.05) is 19.8 Å². The molecule has 1 heterocycles. The van der Waals surface area contributed by atoms with E-state index < -0.39 is 0 Å². The topological polar surface area (TPSA) is 47.1 Å². The Balaban J connectivity index is 2.87. The van der Waals surface area contributed by atoms with Crippen molar-refractivity contribution in [3.05, 3.63) is 18.2 Å². The molecule has 0 aliphatic carbocycles. The van der Waals surface area contributed by atoms with Gasteiger partial charge in [0.25, 0.3) is 0 Å². The number of nitrogens with zero attached hydrogens (tertiary/aromatic N) is 3.